The quantitative estimate of drug-likeness (QED) is 0.514. The number of benzene rings is 1. The van der Waals surface area contributed by atoms with E-state index in [0.29, 0.717) is 6.54 Å². The molecule has 166 valence electrons. The maximum Gasteiger partial charge on any atom is 0.239 e. The molecule has 0 saturated carbocycles. The molecule has 0 unspecified atom stereocenters. The van der Waals surface area contributed by atoms with Crippen molar-refractivity contribution < 1.29 is 9.53 Å². The molecule has 3 aromatic rings. The lowest BCUT2D eigenvalue weighted by atomic mass is 10.3. The van der Waals surface area contributed by atoms with Crippen LogP contribution >= 0.6 is 11.3 Å². The van der Waals surface area contributed by atoms with E-state index in [2.05, 4.69) is 15.3 Å². The zero-order valence-electron chi connectivity index (χ0n) is 18.4. The molecule has 1 aromatic carbocycles. The highest BCUT2D eigenvalue weighted by molar-refractivity contribution is 7.22. The lowest BCUT2D eigenvalue weighted by molar-refractivity contribution is -0.119. The van der Waals surface area contributed by atoms with Gasteiger partial charge in [0.05, 0.1) is 29.7 Å². The summed E-state index contributed by atoms with van der Waals surface area (Å²) in [5, 5.41) is 8.49. The molecule has 31 heavy (non-hydrogen) atoms. The monoisotopic (exact) mass is 442 g/mol. The predicted molar refractivity (Wildman–Crippen MR) is 125 cm³/mol. The number of amides is 1. The van der Waals surface area contributed by atoms with E-state index >= 15 is 0 Å². The minimum Gasteiger partial charge on any atom is -0.497 e. The Balaban J connectivity index is 1.37. The first-order valence-corrected chi connectivity index (χ1v) is 11.6. The number of thiazole rings is 1. The van der Waals surface area contributed by atoms with Crippen LogP contribution in [0, 0.1) is 6.92 Å². The number of carbonyl (C=O) groups is 1. The van der Waals surface area contributed by atoms with Crippen molar-refractivity contribution in [2.75, 3.05) is 51.8 Å². The van der Waals surface area contributed by atoms with Gasteiger partial charge in [-0.1, -0.05) is 11.3 Å². The standard InChI is InChI=1S/C22H30N6O2S/c1-16-20-21(28(25-16)17-7-9-18(30-3)10-8-17)24-22(31-20)26(2)15-19(29)23-11-6-14-27-12-4-5-13-27/h7-10H,4-6,11-15H2,1-3H3,(H,23,29). The summed E-state index contributed by atoms with van der Waals surface area (Å²) in [6.07, 6.45) is 3.59. The van der Waals surface area contributed by atoms with Gasteiger partial charge < -0.3 is 19.9 Å². The molecule has 9 heteroatoms. The number of likely N-dealkylation sites (tertiary alicyclic amines) is 1. The maximum absolute atomic E-state index is 12.4. The zero-order valence-corrected chi connectivity index (χ0v) is 19.2. The number of hydrogen-bond donors (Lipinski definition) is 1. The molecule has 1 N–H and O–H groups in total. The van der Waals surface area contributed by atoms with Crippen molar-refractivity contribution in [3.05, 3.63) is 30.0 Å². The summed E-state index contributed by atoms with van der Waals surface area (Å²) in [6, 6.07) is 7.74. The molecule has 0 spiro atoms. The summed E-state index contributed by atoms with van der Waals surface area (Å²) in [4.78, 5) is 21.5. The number of methoxy groups -OCH3 is 1. The highest BCUT2D eigenvalue weighted by Crippen LogP contribution is 2.32. The van der Waals surface area contributed by atoms with Gasteiger partial charge in [-0.25, -0.2) is 4.68 Å². The number of nitrogens with zero attached hydrogens (tertiary/aromatic N) is 5. The third kappa shape index (κ3) is 4.99. The highest BCUT2D eigenvalue weighted by Gasteiger charge is 2.18. The van der Waals surface area contributed by atoms with E-state index in [1.165, 1.54) is 25.9 Å². The van der Waals surface area contributed by atoms with Crippen LogP contribution in [0.15, 0.2) is 24.3 Å². The van der Waals surface area contributed by atoms with Gasteiger partial charge in [-0.05, 0) is 70.1 Å². The molecule has 0 aliphatic carbocycles. The number of aryl methyl sites for hydroxylation is 1. The normalized spacial score (nSPS) is 14.3. The van der Waals surface area contributed by atoms with Gasteiger partial charge in [0, 0.05) is 13.6 Å². The zero-order chi connectivity index (χ0) is 21.8. The number of carbonyl (C=O) groups excluding carboxylic acids is 1. The van der Waals surface area contributed by atoms with Crippen LogP contribution in [-0.4, -0.2) is 72.5 Å². The minimum atomic E-state index is 0.0247. The summed E-state index contributed by atoms with van der Waals surface area (Å²) >= 11 is 1.56. The SMILES string of the molecule is COc1ccc(-n2nc(C)c3sc(N(C)CC(=O)NCCCN4CCCC4)nc32)cc1. The lowest BCUT2D eigenvalue weighted by Gasteiger charge is -2.17. The summed E-state index contributed by atoms with van der Waals surface area (Å²) in [7, 11) is 3.56. The van der Waals surface area contributed by atoms with Crippen LogP contribution in [0.2, 0.25) is 0 Å². The number of ether oxygens (including phenoxy) is 1. The number of hydrogen-bond acceptors (Lipinski definition) is 7. The van der Waals surface area contributed by atoms with E-state index in [4.69, 9.17) is 9.72 Å². The van der Waals surface area contributed by atoms with Gasteiger partial charge in [-0.2, -0.15) is 10.1 Å². The fourth-order valence-electron chi connectivity index (χ4n) is 3.87. The number of rotatable bonds is 9. The molecule has 1 aliphatic rings. The molecule has 8 nitrogen and oxygen atoms in total. The molecule has 0 bridgehead atoms. The summed E-state index contributed by atoms with van der Waals surface area (Å²) in [5.41, 5.74) is 2.66. The summed E-state index contributed by atoms with van der Waals surface area (Å²) in [6.45, 7) is 6.44. The van der Waals surface area contributed by atoms with Crippen LogP contribution in [-0.2, 0) is 4.79 Å². The minimum absolute atomic E-state index is 0.0247. The van der Waals surface area contributed by atoms with Gasteiger partial charge in [0.1, 0.15) is 5.75 Å². The van der Waals surface area contributed by atoms with Crippen molar-refractivity contribution in [3.8, 4) is 11.4 Å². The maximum atomic E-state index is 12.4. The van der Waals surface area contributed by atoms with Crippen LogP contribution in [0.5, 0.6) is 5.75 Å². The van der Waals surface area contributed by atoms with Gasteiger partial charge in [0.15, 0.2) is 10.8 Å². The average Bonchev–Trinajstić information content (AvgIpc) is 3.50. The molecule has 2 aromatic heterocycles. The van der Waals surface area contributed by atoms with Gasteiger partial charge in [0.2, 0.25) is 5.91 Å². The lowest BCUT2D eigenvalue weighted by Crippen LogP contribution is -2.36. The highest BCUT2D eigenvalue weighted by atomic mass is 32.1. The summed E-state index contributed by atoms with van der Waals surface area (Å²) < 4.78 is 8.12. The number of anilines is 1. The molecule has 3 heterocycles. The fourth-order valence-corrected chi connectivity index (χ4v) is 4.81. The third-order valence-electron chi connectivity index (χ3n) is 5.57. The molecular formula is C22H30N6O2S. The first-order valence-electron chi connectivity index (χ1n) is 10.8. The van der Waals surface area contributed by atoms with E-state index in [-0.39, 0.29) is 12.5 Å². The van der Waals surface area contributed by atoms with Gasteiger partial charge >= 0.3 is 0 Å². The van der Waals surface area contributed by atoms with E-state index in [1.807, 2.05) is 47.8 Å². The van der Waals surface area contributed by atoms with E-state index in [1.54, 1.807) is 18.4 Å². The Hall–Kier alpha value is -2.65. The Bertz CT molecular complexity index is 1020. The molecule has 1 saturated heterocycles. The van der Waals surface area contributed by atoms with Crippen LogP contribution in [0.3, 0.4) is 0 Å². The second-order valence-corrected chi connectivity index (χ2v) is 8.93. The molecule has 1 aliphatic heterocycles. The van der Waals surface area contributed by atoms with Gasteiger partial charge in [-0.15, -0.1) is 0 Å². The van der Waals surface area contributed by atoms with Crippen molar-refractivity contribution in [3.63, 3.8) is 0 Å². The van der Waals surface area contributed by atoms with Crippen molar-refractivity contribution in [2.45, 2.75) is 26.2 Å². The van der Waals surface area contributed by atoms with Crippen molar-refractivity contribution in [2.24, 2.45) is 0 Å². The molecule has 1 fully saturated rings. The van der Waals surface area contributed by atoms with Crippen LogP contribution in [0.25, 0.3) is 16.0 Å². The van der Waals surface area contributed by atoms with Gasteiger partial charge in [-0.3, -0.25) is 4.79 Å². The number of likely N-dealkylation sites (N-methyl/N-ethyl adjacent to an activating group) is 1. The Morgan fingerprint density at radius 2 is 2.00 bits per heavy atom. The fraction of sp³-hybridized carbons (Fsp3) is 0.500. The number of aromatic nitrogens is 3. The predicted octanol–water partition coefficient (Wildman–Crippen LogP) is 2.84. The third-order valence-corrected chi connectivity index (χ3v) is 6.84. The second kappa shape index (κ2) is 9.65. The van der Waals surface area contributed by atoms with Gasteiger partial charge in [0.25, 0.3) is 0 Å². The largest absolute Gasteiger partial charge is 0.497 e. The van der Waals surface area contributed by atoms with E-state index < -0.39 is 0 Å². The number of nitrogens with one attached hydrogen (secondary N) is 1. The van der Waals surface area contributed by atoms with Crippen LogP contribution in [0.1, 0.15) is 25.0 Å². The molecule has 1 amide bonds. The average molecular weight is 443 g/mol. The Morgan fingerprint density at radius 3 is 2.71 bits per heavy atom. The molecular weight excluding hydrogens is 412 g/mol. The van der Waals surface area contributed by atoms with E-state index in [0.717, 1.165) is 45.6 Å². The van der Waals surface area contributed by atoms with E-state index in [9.17, 15) is 4.79 Å². The Kier molecular flexibility index (Phi) is 6.72. The van der Waals surface area contributed by atoms with Crippen molar-refractivity contribution in [1.82, 2.24) is 25.0 Å². The first-order chi connectivity index (χ1) is 15.0. The molecule has 4 rings (SSSR count). The van der Waals surface area contributed by atoms with Crippen molar-refractivity contribution >= 4 is 32.7 Å². The smallest absolute Gasteiger partial charge is 0.239 e. The van der Waals surface area contributed by atoms with Crippen LogP contribution < -0.4 is 15.0 Å². The Labute approximate surface area is 186 Å². The Morgan fingerprint density at radius 1 is 1.26 bits per heavy atom. The number of fused-ring (bicyclic) bond motifs is 1. The first kappa shape index (κ1) is 21.6. The second-order valence-electron chi connectivity index (χ2n) is 7.95. The topological polar surface area (TPSA) is 75.5 Å². The molecule has 0 atom stereocenters. The van der Waals surface area contributed by atoms with Crippen LogP contribution in [0.4, 0.5) is 5.13 Å². The molecule has 0 radical (unpaired) electrons. The van der Waals surface area contributed by atoms with Crippen molar-refractivity contribution in [1.29, 1.82) is 0 Å². The summed E-state index contributed by atoms with van der Waals surface area (Å²) in [5.74, 6) is 0.825.